The number of nitriles is 1. The van der Waals surface area contributed by atoms with Crippen LogP contribution in [0.25, 0.3) is 10.8 Å². The summed E-state index contributed by atoms with van der Waals surface area (Å²) in [6.45, 7) is 3.45. The number of esters is 1. The highest BCUT2D eigenvalue weighted by Crippen LogP contribution is 2.31. The van der Waals surface area contributed by atoms with E-state index in [0.29, 0.717) is 11.4 Å². The van der Waals surface area contributed by atoms with Crippen molar-refractivity contribution in [3.8, 4) is 11.8 Å². The molecule has 0 fully saturated rings. The minimum Gasteiger partial charge on any atom is -0.497 e. The number of aromatic nitrogens is 1. The molecule has 0 N–H and O–H groups in total. The number of fused-ring (bicyclic) bond motifs is 1. The monoisotopic (exact) mass is 284 g/mol. The third-order valence-corrected chi connectivity index (χ3v) is 3.35. The lowest BCUT2D eigenvalue weighted by atomic mass is 9.85. The number of carbonyl (C=O) groups is 1. The Labute approximate surface area is 123 Å². The Hall–Kier alpha value is -2.61. The number of carbonyl (C=O) groups excluding carboxylic acids is 1. The lowest BCUT2D eigenvalue weighted by molar-refractivity contribution is -0.147. The van der Waals surface area contributed by atoms with Crippen LogP contribution in [0.5, 0.6) is 5.75 Å². The maximum atomic E-state index is 12.2. The van der Waals surface area contributed by atoms with Crippen molar-refractivity contribution in [1.29, 1.82) is 5.26 Å². The Morgan fingerprint density at radius 2 is 2.19 bits per heavy atom. The highest BCUT2D eigenvalue weighted by molar-refractivity contribution is 5.94. The maximum absolute atomic E-state index is 12.2. The first kappa shape index (κ1) is 14.8. The van der Waals surface area contributed by atoms with Crippen LogP contribution in [0, 0.1) is 11.3 Å². The number of methoxy groups -OCH3 is 1. The molecule has 1 heterocycles. The van der Waals surface area contributed by atoms with Gasteiger partial charge in [0.25, 0.3) is 0 Å². The van der Waals surface area contributed by atoms with E-state index in [1.165, 1.54) is 6.92 Å². The van der Waals surface area contributed by atoms with E-state index in [1.54, 1.807) is 32.4 Å². The Morgan fingerprint density at radius 3 is 2.81 bits per heavy atom. The van der Waals surface area contributed by atoms with Crippen molar-refractivity contribution < 1.29 is 14.3 Å². The van der Waals surface area contributed by atoms with E-state index in [9.17, 15) is 10.1 Å². The predicted octanol–water partition coefficient (Wildman–Crippen LogP) is 2.59. The SMILES string of the molecule is CCOC(=O)C(C)(C#N)c1nccc2cc(OC)ccc12. The molecule has 1 unspecified atom stereocenters. The van der Waals surface area contributed by atoms with Crippen molar-refractivity contribution in [3.63, 3.8) is 0 Å². The van der Waals surface area contributed by atoms with Crippen molar-refractivity contribution in [2.75, 3.05) is 13.7 Å². The Balaban J connectivity index is 2.65. The molecule has 1 atom stereocenters. The molecule has 21 heavy (non-hydrogen) atoms. The van der Waals surface area contributed by atoms with E-state index in [0.717, 1.165) is 10.8 Å². The second-order valence-corrected chi connectivity index (χ2v) is 4.70. The highest BCUT2D eigenvalue weighted by Gasteiger charge is 2.40. The Morgan fingerprint density at radius 1 is 1.43 bits per heavy atom. The lowest BCUT2D eigenvalue weighted by Crippen LogP contribution is -2.34. The van der Waals surface area contributed by atoms with Gasteiger partial charge in [0, 0.05) is 11.6 Å². The van der Waals surface area contributed by atoms with E-state index in [-0.39, 0.29) is 6.61 Å². The van der Waals surface area contributed by atoms with Crippen molar-refractivity contribution >= 4 is 16.7 Å². The smallest absolute Gasteiger partial charge is 0.332 e. The van der Waals surface area contributed by atoms with Crippen LogP contribution in [0.15, 0.2) is 30.5 Å². The van der Waals surface area contributed by atoms with Crippen LogP contribution in [0.1, 0.15) is 19.5 Å². The summed E-state index contributed by atoms with van der Waals surface area (Å²) < 4.78 is 10.2. The van der Waals surface area contributed by atoms with Crippen LogP contribution in [-0.2, 0) is 14.9 Å². The minimum atomic E-state index is -1.44. The van der Waals surface area contributed by atoms with Crippen molar-refractivity contribution in [1.82, 2.24) is 4.98 Å². The van der Waals surface area contributed by atoms with E-state index in [1.807, 2.05) is 18.2 Å². The molecule has 0 aliphatic carbocycles. The Kier molecular flexibility index (Phi) is 4.08. The molecule has 0 bridgehead atoms. The first-order chi connectivity index (χ1) is 10.1. The van der Waals surface area contributed by atoms with Crippen LogP contribution in [0.4, 0.5) is 0 Å². The first-order valence-corrected chi connectivity index (χ1v) is 6.58. The molecule has 0 amide bonds. The summed E-state index contributed by atoms with van der Waals surface area (Å²) in [4.78, 5) is 16.4. The quantitative estimate of drug-likeness (QED) is 0.807. The second-order valence-electron chi connectivity index (χ2n) is 4.70. The molecule has 2 aromatic rings. The van der Waals surface area contributed by atoms with Crippen molar-refractivity contribution in [2.45, 2.75) is 19.3 Å². The number of rotatable bonds is 4. The standard InChI is InChI=1S/C16H16N2O3/c1-4-21-15(19)16(2,10-17)14-13-6-5-12(20-3)9-11(13)7-8-18-14/h5-9H,4H2,1-3H3. The topological polar surface area (TPSA) is 72.2 Å². The van der Waals surface area contributed by atoms with Gasteiger partial charge in [-0.15, -0.1) is 0 Å². The van der Waals surface area contributed by atoms with Gasteiger partial charge >= 0.3 is 5.97 Å². The number of pyridine rings is 1. The van der Waals surface area contributed by atoms with E-state index in [4.69, 9.17) is 9.47 Å². The summed E-state index contributed by atoms with van der Waals surface area (Å²) in [5, 5.41) is 11.1. The van der Waals surface area contributed by atoms with Gasteiger partial charge in [-0.05, 0) is 43.5 Å². The van der Waals surface area contributed by atoms with E-state index < -0.39 is 11.4 Å². The molecule has 1 aromatic heterocycles. The van der Waals surface area contributed by atoms with Gasteiger partial charge < -0.3 is 9.47 Å². The molecule has 0 radical (unpaired) electrons. The van der Waals surface area contributed by atoms with Gasteiger partial charge in [-0.25, -0.2) is 4.79 Å². The average Bonchev–Trinajstić information content (AvgIpc) is 2.53. The molecular weight excluding hydrogens is 268 g/mol. The summed E-state index contributed by atoms with van der Waals surface area (Å²) in [5.74, 6) is 0.109. The summed E-state index contributed by atoms with van der Waals surface area (Å²) in [7, 11) is 1.58. The molecule has 2 rings (SSSR count). The number of benzene rings is 1. The van der Waals surface area contributed by atoms with Crippen LogP contribution < -0.4 is 4.74 Å². The summed E-state index contributed by atoms with van der Waals surface area (Å²) in [6.07, 6.45) is 1.58. The fourth-order valence-corrected chi connectivity index (χ4v) is 2.15. The fourth-order valence-electron chi connectivity index (χ4n) is 2.15. The first-order valence-electron chi connectivity index (χ1n) is 6.58. The van der Waals surface area contributed by atoms with Gasteiger partial charge in [-0.2, -0.15) is 5.26 Å². The molecule has 5 nitrogen and oxygen atoms in total. The van der Waals surface area contributed by atoms with Crippen molar-refractivity contribution in [2.24, 2.45) is 0 Å². The van der Waals surface area contributed by atoms with Crippen LogP contribution in [-0.4, -0.2) is 24.7 Å². The van der Waals surface area contributed by atoms with Crippen LogP contribution in [0.2, 0.25) is 0 Å². The molecule has 0 aliphatic rings. The van der Waals surface area contributed by atoms with E-state index in [2.05, 4.69) is 4.98 Å². The van der Waals surface area contributed by atoms with Gasteiger partial charge in [0.05, 0.1) is 25.5 Å². The zero-order valence-corrected chi connectivity index (χ0v) is 12.2. The van der Waals surface area contributed by atoms with Gasteiger partial charge in [0.15, 0.2) is 5.41 Å². The summed E-state index contributed by atoms with van der Waals surface area (Å²) in [5.41, 5.74) is -1.05. The molecule has 0 saturated carbocycles. The lowest BCUT2D eigenvalue weighted by Gasteiger charge is -2.20. The number of ether oxygens (including phenoxy) is 2. The summed E-state index contributed by atoms with van der Waals surface area (Å²) in [6, 6.07) is 9.25. The maximum Gasteiger partial charge on any atom is 0.332 e. The second kappa shape index (κ2) is 5.80. The Bertz CT molecular complexity index is 721. The molecule has 0 spiro atoms. The average molecular weight is 284 g/mol. The highest BCUT2D eigenvalue weighted by atomic mass is 16.5. The minimum absolute atomic E-state index is 0.217. The van der Waals surface area contributed by atoms with Crippen molar-refractivity contribution in [3.05, 3.63) is 36.2 Å². The zero-order chi connectivity index (χ0) is 15.5. The number of nitrogens with zero attached hydrogens (tertiary/aromatic N) is 2. The van der Waals surface area contributed by atoms with E-state index >= 15 is 0 Å². The normalized spacial score (nSPS) is 13.2. The third-order valence-electron chi connectivity index (χ3n) is 3.35. The third kappa shape index (κ3) is 2.52. The van der Waals surface area contributed by atoms with Gasteiger partial charge in [-0.3, -0.25) is 4.98 Å². The largest absolute Gasteiger partial charge is 0.497 e. The van der Waals surface area contributed by atoms with Gasteiger partial charge in [-0.1, -0.05) is 0 Å². The van der Waals surface area contributed by atoms with Gasteiger partial charge in [0.2, 0.25) is 0 Å². The van der Waals surface area contributed by atoms with Crippen LogP contribution >= 0.6 is 0 Å². The summed E-state index contributed by atoms with van der Waals surface area (Å²) >= 11 is 0. The zero-order valence-electron chi connectivity index (χ0n) is 12.2. The van der Waals surface area contributed by atoms with Crippen LogP contribution in [0.3, 0.4) is 0 Å². The number of hydrogen-bond donors (Lipinski definition) is 0. The molecular formula is C16H16N2O3. The van der Waals surface area contributed by atoms with Gasteiger partial charge in [0.1, 0.15) is 5.75 Å². The fraction of sp³-hybridized carbons (Fsp3) is 0.312. The predicted molar refractivity (Wildman–Crippen MR) is 77.9 cm³/mol. The molecule has 108 valence electrons. The molecule has 1 aromatic carbocycles. The number of hydrogen-bond acceptors (Lipinski definition) is 5. The molecule has 0 saturated heterocycles. The molecule has 5 heteroatoms. The molecule has 0 aliphatic heterocycles.